The van der Waals surface area contributed by atoms with Crippen LogP contribution in [0, 0.1) is 0 Å². The van der Waals surface area contributed by atoms with E-state index in [-0.39, 0.29) is 11.3 Å². The third kappa shape index (κ3) is 2.38. The largest absolute Gasteiger partial charge is 0.507 e. The lowest BCUT2D eigenvalue weighted by Crippen LogP contribution is -2.02. The summed E-state index contributed by atoms with van der Waals surface area (Å²) in [5.41, 5.74) is 3.56. The molecule has 5 heteroatoms. The van der Waals surface area contributed by atoms with Crippen molar-refractivity contribution in [3.05, 3.63) is 34.9 Å². The van der Waals surface area contributed by atoms with Crippen molar-refractivity contribution in [1.82, 2.24) is 0 Å². The molecular formula is C16H17NO3S. The van der Waals surface area contributed by atoms with Gasteiger partial charge >= 0.3 is 5.97 Å². The predicted molar refractivity (Wildman–Crippen MR) is 84.6 cm³/mol. The lowest BCUT2D eigenvalue weighted by atomic mass is 9.91. The maximum Gasteiger partial charge on any atom is 0.339 e. The highest BCUT2D eigenvalue weighted by Crippen LogP contribution is 2.44. The molecule has 0 aliphatic heterocycles. The van der Waals surface area contributed by atoms with Crippen LogP contribution in [-0.2, 0) is 12.8 Å². The van der Waals surface area contributed by atoms with Gasteiger partial charge in [0.05, 0.1) is 5.00 Å². The van der Waals surface area contributed by atoms with Crippen LogP contribution in [0.15, 0.2) is 18.2 Å². The standard InChI is InChI=1S/C16H17NO3S/c1-17-15-11-5-3-2-4-10(11)14(21-15)9-6-7-12(16(19)20)13(18)8-9/h6-8,17-18H,2-5H2,1H3,(H,19,20). The maximum atomic E-state index is 11.0. The number of carbonyl (C=O) groups is 1. The fraction of sp³-hybridized carbons (Fsp3) is 0.312. The molecule has 0 atom stereocenters. The van der Waals surface area contributed by atoms with E-state index >= 15 is 0 Å². The Hall–Kier alpha value is -2.01. The Bertz CT molecular complexity index is 706. The van der Waals surface area contributed by atoms with Crippen LogP contribution in [0.25, 0.3) is 10.4 Å². The Balaban J connectivity index is 2.10. The number of carboxylic acids is 1. The number of hydrogen-bond donors (Lipinski definition) is 3. The summed E-state index contributed by atoms with van der Waals surface area (Å²) in [6.07, 6.45) is 4.52. The minimum Gasteiger partial charge on any atom is -0.507 e. The van der Waals surface area contributed by atoms with E-state index in [9.17, 15) is 9.90 Å². The van der Waals surface area contributed by atoms with E-state index in [0.29, 0.717) is 0 Å². The predicted octanol–water partition coefficient (Wildman–Crippen LogP) is 3.74. The zero-order valence-electron chi connectivity index (χ0n) is 11.8. The van der Waals surface area contributed by atoms with Crippen LogP contribution < -0.4 is 5.32 Å². The Morgan fingerprint density at radius 3 is 2.57 bits per heavy atom. The Morgan fingerprint density at radius 1 is 1.24 bits per heavy atom. The fourth-order valence-corrected chi connectivity index (χ4v) is 4.17. The van der Waals surface area contributed by atoms with Gasteiger partial charge in [-0.05, 0) is 54.5 Å². The van der Waals surface area contributed by atoms with Crippen molar-refractivity contribution in [2.24, 2.45) is 0 Å². The number of carboxylic acid groups (broad SMARTS) is 1. The van der Waals surface area contributed by atoms with E-state index in [4.69, 9.17) is 5.11 Å². The molecule has 0 bridgehead atoms. The highest BCUT2D eigenvalue weighted by Gasteiger charge is 2.22. The normalized spacial score (nSPS) is 13.8. The van der Waals surface area contributed by atoms with E-state index in [1.165, 1.54) is 35.0 Å². The molecule has 0 fully saturated rings. The summed E-state index contributed by atoms with van der Waals surface area (Å²) < 4.78 is 0. The van der Waals surface area contributed by atoms with Gasteiger partial charge < -0.3 is 15.5 Å². The Kier molecular flexibility index (Phi) is 3.59. The number of phenols is 1. The van der Waals surface area contributed by atoms with Crippen LogP contribution in [0.5, 0.6) is 5.75 Å². The van der Waals surface area contributed by atoms with Crippen molar-refractivity contribution in [3.63, 3.8) is 0 Å². The van der Waals surface area contributed by atoms with E-state index < -0.39 is 5.97 Å². The molecule has 110 valence electrons. The SMILES string of the molecule is CNc1sc(-c2ccc(C(=O)O)c(O)c2)c2c1CCCC2. The highest BCUT2D eigenvalue weighted by atomic mass is 32.1. The summed E-state index contributed by atoms with van der Waals surface area (Å²) in [7, 11) is 1.93. The van der Waals surface area contributed by atoms with E-state index in [1.807, 2.05) is 7.05 Å². The topological polar surface area (TPSA) is 69.6 Å². The molecule has 3 rings (SSSR count). The van der Waals surface area contributed by atoms with Crippen molar-refractivity contribution in [1.29, 1.82) is 0 Å². The monoisotopic (exact) mass is 303 g/mol. The summed E-state index contributed by atoms with van der Waals surface area (Å²) in [6, 6.07) is 4.81. The number of aromatic hydroxyl groups is 1. The van der Waals surface area contributed by atoms with Crippen LogP contribution in [-0.4, -0.2) is 23.2 Å². The number of hydrogen-bond acceptors (Lipinski definition) is 4. The lowest BCUT2D eigenvalue weighted by Gasteiger charge is -2.14. The molecule has 0 unspecified atom stereocenters. The molecular weight excluding hydrogens is 286 g/mol. The molecule has 1 heterocycles. The van der Waals surface area contributed by atoms with Crippen molar-refractivity contribution in [2.75, 3.05) is 12.4 Å². The van der Waals surface area contributed by atoms with Gasteiger partial charge in [0, 0.05) is 11.9 Å². The zero-order chi connectivity index (χ0) is 15.0. The number of fused-ring (bicyclic) bond motifs is 1. The minimum atomic E-state index is -1.11. The second-order valence-corrected chi connectivity index (χ2v) is 6.23. The molecule has 1 aliphatic rings. The number of aromatic carboxylic acids is 1. The number of thiophene rings is 1. The summed E-state index contributed by atoms with van der Waals surface area (Å²) in [5, 5.41) is 23.3. The van der Waals surface area contributed by atoms with Gasteiger partial charge in [-0.1, -0.05) is 6.07 Å². The first kappa shape index (κ1) is 13.9. The molecule has 1 aliphatic carbocycles. The first-order valence-electron chi connectivity index (χ1n) is 7.00. The quantitative estimate of drug-likeness (QED) is 0.808. The Labute approximate surface area is 127 Å². The Morgan fingerprint density at radius 2 is 1.95 bits per heavy atom. The average molecular weight is 303 g/mol. The van der Waals surface area contributed by atoms with Gasteiger partial charge in [-0.15, -0.1) is 11.3 Å². The van der Waals surface area contributed by atoms with Gasteiger partial charge in [-0.2, -0.15) is 0 Å². The number of anilines is 1. The summed E-state index contributed by atoms with van der Waals surface area (Å²) in [5.74, 6) is -1.29. The molecule has 0 saturated heterocycles. The van der Waals surface area contributed by atoms with Crippen LogP contribution in [0.2, 0.25) is 0 Å². The summed E-state index contributed by atoms with van der Waals surface area (Å²) in [6.45, 7) is 0. The molecule has 2 aromatic rings. The third-order valence-corrected chi connectivity index (χ3v) is 5.28. The van der Waals surface area contributed by atoms with Crippen LogP contribution in [0.4, 0.5) is 5.00 Å². The number of rotatable bonds is 3. The lowest BCUT2D eigenvalue weighted by molar-refractivity contribution is 0.0694. The maximum absolute atomic E-state index is 11.0. The molecule has 3 N–H and O–H groups in total. The molecule has 1 aromatic heterocycles. The van der Waals surface area contributed by atoms with Crippen LogP contribution in [0.1, 0.15) is 34.3 Å². The minimum absolute atomic E-state index is 0.0574. The van der Waals surface area contributed by atoms with Gasteiger partial charge in [0.15, 0.2) is 0 Å². The molecule has 21 heavy (non-hydrogen) atoms. The van der Waals surface area contributed by atoms with E-state index in [1.54, 1.807) is 23.5 Å². The molecule has 1 aromatic carbocycles. The van der Waals surface area contributed by atoms with Gasteiger partial charge in [-0.25, -0.2) is 4.79 Å². The van der Waals surface area contributed by atoms with E-state index in [0.717, 1.165) is 23.3 Å². The first-order valence-corrected chi connectivity index (χ1v) is 7.82. The third-order valence-electron chi connectivity index (χ3n) is 3.94. The number of benzene rings is 1. The van der Waals surface area contributed by atoms with Crippen molar-refractivity contribution < 1.29 is 15.0 Å². The van der Waals surface area contributed by atoms with Gasteiger partial charge in [-0.3, -0.25) is 0 Å². The fourth-order valence-electron chi connectivity index (χ4n) is 2.92. The van der Waals surface area contributed by atoms with Gasteiger partial charge in [0.2, 0.25) is 0 Å². The first-order chi connectivity index (χ1) is 10.1. The smallest absolute Gasteiger partial charge is 0.339 e. The summed E-state index contributed by atoms with van der Waals surface area (Å²) >= 11 is 1.68. The second-order valence-electron chi connectivity index (χ2n) is 5.21. The molecule has 0 radical (unpaired) electrons. The molecule has 0 saturated carbocycles. The van der Waals surface area contributed by atoms with Gasteiger partial charge in [0.1, 0.15) is 11.3 Å². The molecule has 4 nitrogen and oxygen atoms in total. The van der Waals surface area contributed by atoms with Gasteiger partial charge in [0.25, 0.3) is 0 Å². The number of nitrogens with one attached hydrogen (secondary N) is 1. The van der Waals surface area contributed by atoms with Crippen molar-refractivity contribution in [2.45, 2.75) is 25.7 Å². The van der Waals surface area contributed by atoms with Crippen molar-refractivity contribution in [3.8, 4) is 16.2 Å². The summed E-state index contributed by atoms with van der Waals surface area (Å²) in [4.78, 5) is 12.1. The molecule has 0 amide bonds. The van der Waals surface area contributed by atoms with E-state index in [2.05, 4.69) is 5.32 Å². The average Bonchev–Trinajstić information content (AvgIpc) is 2.85. The molecule has 0 spiro atoms. The highest BCUT2D eigenvalue weighted by molar-refractivity contribution is 7.19. The van der Waals surface area contributed by atoms with Crippen LogP contribution >= 0.6 is 11.3 Å². The second kappa shape index (κ2) is 5.41. The zero-order valence-corrected chi connectivity index (χ0v) is 12.6. The van der Waals surface area contributed by atoms with Crippen molar-refractivity contribution >= 4 is 22.3 Å². The van der Waals surface area contributed by atoms with Crippen LogP contribution in [0.3, 0.4) is 0 Å².